The lowest BCUT2D eigenvalue weighted by Crippen LogP contribution is -2.21. The number of nitro groups is 1. The molecule has 108 valence electrons. The zero-order chi connectivity index (χ0) is 14.1. The molecule has 3 unspecified atom stereocenters. The molecule has 0 amide bonds. The Balaban J connectivity index is 1.72. The fraction of sp³-hybridized carbons (Fsp3) is 0.692. The Hall–Kier alpha value is -1.92. The Kier molecular flexibility index (Phi) is 3.42. The quantitative estimate of drug-likeness (QED) is 0.656. The SMILES string of the molecule is COc1ncnc(NCC2CC3CCC2C3)c1[N+](=O)[O-]. The summed E-state index contributed by atoms with van der Waals surface area (Å²) in [5.74, 6) is 2.50. The van der Waals surface area contributed by atoms with E-state index < -0.39 is 4.92 Å². The van der Waals surface area contributed by atoms with Crippen molar-refractivity contribution in [2.75, 3.05) is 19.0 Å². The Morgan fingerprint density at radius 2 is 2.30 bits per heavy atom. The Morgan fingerprint density at radius 1 is 1.45 bits per heavy atom. The van der Waals surface area contributed by atoms with Gasteiger partial charge in [0, 0.05) is 6.54 Å². The molecule has 1 aromatic rings. The summed E-state index contributed by atoms with van der Waals surface area (Å²) in [6.45, 7) is 0.738. The minimum atomic E-state index is -0.498. The highest BCUT2D eigenvalue weighted by Gasteiger charge is 2.39. The lowest BCUT2D eigenvalue weighted by molar-refractivity contribution is -0.385. The average molecular weight is 278 g/mol. The average Bonchev–Trinajstić information content (AvgIpc) is 3.06. The lowest BCUT2D eigenvalue weighted by atomic mass is 9.89. The summed E-state index contributed by atoms with van der Waals surface area (Å²) in [6, 6.07) is 0. The van der Waals surface area contributed by atoms with E-state index in [9.17, 15) is 10.1 Å². The van der Waals surface area contributed by atoms with Crippen LogP contribution in [0.2, 0.25) is 0 Å². The van der Waals surface area contributed by atoms with E-state index in [0.717, 1.165) is 18.4 Å². The zero-order valence-corrected chi connectivity index (χ0v) is 11.4. The summed E-state index contributed by atoms with van der Waals surface area (Å²) in [7, 11) is 1.37. The largest absolute Gasteiger partial charge is 0.476 e. The highest BCUT2D eigenvalue weighted by molar-refractivity contribution is 5.61. The Morgan fingerprint density at radius 3 is 2.90 bits per heavy atom. The number of fused-ring (bicyclic) bond motifs is 2. The third kappa shape index (κ3) is 2.28. The van der Waals surface area contributed by atoms with Crippen LogP contribution in [0.15, 0.2) is 6.33 Å². The van der Waals surface area contributed by atoms with Crippen molar-refractivity contribution in [2.45, 2.75) is 25.7 Å². The third-order valence-electron chi connectivity index (χ3n) is 4.58. The Labute approximate surface area is 116 Å². The van der Waals surface area contributed by atoms with Crippen molar-refractivity contribution >= 4 is 11.5 Å². The number of hydrogen-bond acceptors (Lipinski definition) is 6. The molecule has 0 aromatic carbocycles. The van der Waals surface area contributed by atoms with E-state index in [2.05, 4.69) is 15.3 Å². The Bertz CT molecular complexity index is 522. The van der Waals surface area contributed by atoms with Crippen LogP contribution in [-0.4, -0.2) is 28.5 Å². The molecule has 2 aliphatic rings. The summed E-state index contributed by atoms with van der Waals surface area (Å²) >= 11 is 0. The van der Waals surface area contributed by atoms with Gasteiger partial charge >= 0.3 is 5.69 Å². The van der Waals surface area contributed by atoms with Crippen LogP contribution in [0.3, 0.4) is 0 Å². The van der Waals surface area contributed by atoms with Gasteiger partial charge in [0.1, 0.15) is 6.33 Å². The number of anilines is 1. The summed E-state index contributed by atoms with van der Waals surface area (Å²) in [5, 5.41) is 14.3. The van der Waals surface area contributed by atoms with Gasteiger partial charge in [-0.2, -0.15) is 4.98 Å². The van der Waals surface area contributed by atoms with Gasteiger partial charge in [-0.05, 0) is 37.0 Å². The second-order valence-electron chi connectivity index (χ2n) is 5.65. The van der Waals surface area contributed by atoms with E-state index in [-0.39, 0.29) is 17.4 Å². The number of methoxy groups -OCH3 is 1. The van der Waals surface area contributed by atoms with Gasteiger partial charge in [0.05, 0.1) is 12.0 Å². The predicted octanol–water partition coefficient (Wildman–Crippen LogP) is 2.24. The van der Waals surface area contributed by atoms with E-state index in [0.29, 0.717) is 5.92 Å². The van der Waals surface area contributed by atoms with Crippen LogP contribution in [-0.2, 0) is 0 Å². The molecule has 0 saturated heterocycles. The first-order valence-corrected chi connectivity index (χ1v) is 6.96. The van der Waals surface area contributed by atoms with Crippen molar-refractivity contribution in [3.63, 3.8) is 0 Å². The molecule has 1 heterocycles. The molecule has 7 nitrogen and oxygen atoms in total. The van der Waals surface area contributed by atoms with Crippen LogP contribution in [0.25, 0.3) is 0 Å². The molecular formula is C13H18N4O3. The van der Waals surface area contributed by atoms with Crippen molar-refractivity contribution in [1.82, 2.24) is 9.97 Å². The van der Waals surface area contributed by atoms with Crippen molar-refractivity contribution in [2.24, 2.45) is 17.8 Å². The van der Waals surface area contributed by atoms with Gasteiger partial charge in [-0.25, -0.2) is 4.98 Å². The second kappa shape index (κ2) is 5.22. The van der Waals surface area contributed by atoms with E-state index >= 15 is 0 Å². The molecule has 1 N–H and O–H groups in total. The molecule has 0 spiro atoms. The first-order valence-electron chi connectivity index (χ1n) is 6.96. The predicted molar refractivity (Wildman–Crippen MR) is 72.7 cm³/mol. The van der Waals surface area contributed by atoms with Crippen molar-refractivity contribution in [3.05, 3.63) is 16.4 Å². The van der Waals surface area contributed by atoms with E-state index in [4.69, 9.17) is 4.74 Å². The van der Waals surface area contributed by atoms with Crippen LogP contribution in [0.5, 0.6) is 5.88 Å². The molecule has 7 heteroatoms. The molecule has 2 aliphatic carbocycles. The van der Waals surface area contributed by atoms with Crippen LogP contribution in [0.4, 0.5) is 11.5 Å². The fourth-order valence-corrected chi connectivity index (χ4v) is 3.66. The zero-order valence-electron chi connectivity index (χ0n) is 11.4. The maximum atomic E-state index is 11.1. The minimum absolute atomic E-state index is 0.000410. The van der Waals surface area contributed by atoms with Crippen LogP contribution in [0, 0.1) is 27.9 Å². The molecule has 0 radical (unpaired) electrons. The van der Waals surface area contributed by atoms with Gasteiger partial charge in [-0.15, -0.1) is 0 Å². The number of ether oxygens (including phenoxy) is 1. The summed E-state index contributed by atoms with van der Waals surface area (Å²) < 4.78 is 4.94. The van der Waals surface area contributed by atoms with Gasteiger partial charge in [0.2, 0.25) is 5.82 Å². The van der Waals surface area contributed by atoms with Gasteiger partial charge in [0.25, 0.3) is 5.88 Å². The van der Waals surface area contributed by atoms with Crippen LogP contribution in [0.1, 0.15) is 25.7 Å². The summed E-state index contributed by atoms with van der Waals surface area (Å²) in [4.78, 5) is 18.4. The van der Waals surface area contributed by atoms with Crippen molar-refractivity contribution in [1.29, 1.82) is 0 Å². The normalized spacial score (nSPS) is 27.6. The molecule has 2 fully saturated rings. The molecule has 3 rings (SSSR count). The summed E-state index contributed by atoms with van der Waals surface area (Å²) in [6.07, 6.45) is 6.49. The standard InChI is InChI=1S/C13H18N4O3/c1-20-13-11(17(18)19)12(15-7-16-13)14-6-10-5-8-2-3-9(10)4-8/h7-10H,2-6H2,1H3,(H,14,15,16). The monoisotopic (exact) mass is 278 g/mol. The highest BCUT2D eigenvalue weighted by Crippen LogP contribution is 2.48. The first kappa shape index (κ1) is 13.1. The minimum Gasteiger partial charge on any atom is -0.476 e. The topological polar surface area (TPSA) is 90.2 Å². The molecule has 0 aliphatic heterocycles. The number of rotatable bonds is 5. The van der Waals surface area contributed by atoms with Crippen LogP contribution < -0.4 is 10.1 Å². The number of aromatic nitrogens is 2. The molecule has 20 heavy (non-hydrogen) atoms. The van der Waals surface area contributed by atoms with Gasteiger partial charge in [-0.3, -0.25) is 10.1 Å². The van der Waals surface area contributed by atoms with Crippen molar-refractivity contribution in [3.8, 4) is 5.88 Å². The van der Waals surface area contributed by atoms with E-state index in [1.807, 2.05) is 0 Å². The fourth-order valence-electron chi connectivity index (χ4n) is 3.66. The molecule has 1 aromatic heterocycles. The maximum Gasteiger partial charge on any atom is 0.372 e. The third-order valence-corrected chi connectivity index (χ3v) is 4.58. The molecule has 2 saturated carbocycles. The van der Waals surface area contributed by atoms with Crippen molar-refractivity contribution < 1.29 is 9.66 Å². The van der Waals surface area contributed by atoms with E-state index in [1.165, 1.54) is 39.1 Å². The molecule has 3 atom stereocenters. The smallest absolute Gasteiger partial charge is 0.372 e. The van der Waals surface area contributed by atoms with Crippen LogP contribution >= 0.6 is 0 Å². The summed E-state index contributed by atoms with van der Waals surface area (Å²) in [5.41, 5.74) is -0.182. The molecule has 2 bridgehead atoms. The lowest BCUT2D eigenvalue weighted by Gasteiger charge is -2.21. The number of nitrogens with zero attached hydrogens (tertiary/aromatic N) is 3. The highest BCUT2D eigenvalue weighted by atomic mass is 16.6. The molecular weight excluding hydrogens is 260 g/mol. The first-order chi connectivity index (χ1) is 9.69. The van der Waals surface area contributed by atoms with Gasteiger partial charge < -0.3 is 10.1 Å². The van der Waals surface area contributed by atoms with Gasteiger partial charge in [-0.1, -0.05) is 6.42 Å². The van der Waals surface area contributed by atoms with Gasteiger partial charge in [0.15, 0.2) is 0 Å². The number of nitrogens with one attached hydrogen (secondary N) is 1. The second-order valence-corrected chi connectivity index (χ2v) is 5.65. The van der Waals surface area contributed by atoms with E-state index in [1.54, 1.807) is 0 Å². The number of hydrogen-bond donors (Lipinski definition) is 1. The maximum absolute atomic E-state index is 11.1.